The van der Waals surface area contributed by atoms with E-state index in [0.29, 0.717) is 36.9 Å². The van der Waals surface area contributed by atoms with Crippen molar-refractivity contribution in [3.05, 3.63) is 77.0 Å². The lowest BCUT2D eigenvalue weighted by Gasteiger charge is -2.38. The number of halogens is 1. The molecule has 0 spiro atoms. The van der Waals surface area contributed by atoms with Crippen LogP contribution in [-0.2, 0) is 11.2 Å². The standard InChI is InChI=1S/C31H35FN6O/c1-21-8-10-23(11-9-21)20-27-33-29(36-16-18-37(19-17-36)31(39)24-6-4-3-5-7-24)28-22(2)35-38(30(28)34-27)26-14-12-25(32)13-15-26/h8-15,24H,3-7,16-20H2,1-2H3. The first-order valence-corrected chi connectivity index (χ1v) is 14.1. The second kappa shape index (κ2) is 10.8. The molecule has 3 heterocycles. The summed E-state index contributed by atoms with van der Waals surface area (Å²) in [5.74, 6) is 1.79. The number of amides is 1. The summed E-state index contributed by atoms with van der Waals surface area (Å²) in [7, 11) is 0. The number of rotatable bonds is 5. The Kier molecular flexibility index (Phi) is 7.02. The maximum Gasteiger partial charge on any atom is 0.225 e. The molecular weight excluding hydrogens is 491 g/mol. The summed E-state index contributed by atoms with van der Waals surface area (Å²) in [6.07, 6.45) is 6.21. The van der Waals surface area contributed by atoms with Crippen LogP contribution < -0.4 is 4.90 Å². The number of carbonyl (C=O) groups excluding carboxylic acids is 1. The highest BCUT2D eigenvalue weighted by molar-refractivity contribution is 5.91. The Morgan fingerprint density at radius 3 is 2.28 bits per heavy atom. The second-order valence-electron chi connectivity index (χ2n) is 10.9. The summed E-state index contributed by atoms with van der Waals surface area (Å²) in [6, 6.07) is 14.7. The molecule has 2 aromatic carbocycles. The van der Waals surface area contributed by atoms with Gasteiger partial charge in [-0.3, -0.25) is 4.79 Å². The zero-order valence-corrected chi connectivity index (χ0v) is 22.7. The normalized spacial score (nSPS) is 16.7. The van der Waals surface area contributed by atoms with Crippen molar-refractivity contribution in [3.63, 3.8) is 0 Å². The fourth-order valence-electron chi connectivity index (χ4n) is 5.91. The highest BCUT2D eigenvalue weighted by Crippen LogP contribution is 2.31. The number of aromatic nitrogens is 4. The van der Waals surface area contributed by atoms with E-state index < -0.39 is 0 Å². The van der Waals surface area contributed by atoms with E-state index in [1.54, 1.807) is 16.8 Å². The van der Waals surface area contributed by atoms with Gasteiger partial charge < -0.3 is 9.80 Å². The van der Waals surface area contributed by atoms with Crippen molar-refractivity contribution in [2.24, 2.45) is 5.92 Å². The number of benzene rings is 2. The molecule has 0 atom stereocenters. The van der Waals surface area contributed by atoms with Crippen molar-refractivity contribution >= 4 is 22.8 Å². The van der Waals surface area contributed by atoms with Gasteiger partial charge in [0.2, 0.25) is 5.91 Å². The minimum atomic E-state index is -0.289. The van der Waals surface area contributed by atoms with Crippen LogP contribution in [0.15, 0.2) is 48.5 Å². The van der Waals surface area contributed by atoms with E-state index in [4.69, 9.17) is 15.1 Å². The first-order valence-electron chi connectivity index (χ1n) is 14.1. The number of aryl methyl sites for hydroxylation is 2. The van der Waals surface area contributed by atoms with E-state index >= 15 is 0 Å². The molecule has 0 bridgehead atoms. The molecular formula is C31H35FN6O. The maximum absolute atomic E-state index is 13.7. The van der Waals surface area contributed by atoms with Crippen LogP contribution >= 0.6 is 0 Å². The molecule has 39 heavy (non-hydrogen) atoms. The fraction of sp³-hybridized carbons (Fsp3) is 0.419. The van der Waals surface area contributed by atoms with Crippen LogP contribution in [-0.4, -0.2) is 56.7 Å². The molecule has 1 saturated carbocycles. The van der Waals surface area contributed by atoms with Crippen LogP contribution in [0.25, 0.3) is 16.7 Å². The van der Waals surface area contributed by atoms with Gasteiger partial charge in [-0.15, -0.1) is 0 Å². The van der Waals surface area contributed by atoms with Crippen LogP contribution in [0.2, 0.25) is 0 Å². The lowest BCUT2D eigenvalue weighted by molar-refractivity contribution is -0.136. The Labute approximate surface area is 228 Å². The molecule has 0 unspecified atom stereocenters. The van der Waals surface area contributed by atoms with Crippen LogP contribution in [0.3, 0.4) is 0 Å². The summed E-state index contributed by atoms with van der Waals surface area (Å²) in [4.78, 5) is 27.6. The summed E-state index contributed by atoms with van der Waals surface area (Å²) >= 11 is 0. The van der Waals surface area contributed by atoms with Gasteiger partial charge in [-0.2, -0.15) is 5.10 Å². The van der Waals surface area contributed by atoms with E-state index in [1.165, 1.54) is 24.1 Å². The Hall–Kier alpha value is -3.81. The molecule has 2 aliphatic rings. The summed E-state index contributed by atoms with van der Waals surface area (Å²) in [5.41, 5.74) is 4.64. The zero-order chi connectivity index (χ0) is 26.9. The van der Waals surface area contributed by atoms with Crippen molar-refractivity contribution in [2.45, 2.75) is 52.4 Å². The van der Waals surface area contributed by atoms with Crippen molar-refractivity contribution < 1.29 is 9.18 Å². The lowest BCUT2D eigenvalue weighted by Crippen LogP contribution is -2.51. The number of hydrogen-bond acceptors (Lipinski definition) is 5. The van der Waals surface area contributed by atoms with E-state index in [0.717, 1.165) is 66.9 Å². The Morgan fingerprint density at radius 2 is 1.59 bits per heavy atom. The lowest BCUT2D eigenvalue weighted by atomic mass is 9.88. The minimum absolute atomic E-state index is 0.188. The third kappa shape index (κ3) is 5.24. The molecule has 7 nitrogen and oxygen atoms in total. The van der Waals surface area contributed by atoms with Crippen molar-refractivity contribution in [2.75, 3.05) is 31.1 Å². The number of hydrogen-bond donors (Lipinski definition) is 0. The van der Waals surface area contributed by atoms with Gasteiger partial charge in [0.25, 0.3) is 0 Å². The Bertz CT molecular complexity index is 1470. The molecule has 0 N–H and O–H groups in total. The molecule has 2 fully saturated rings. The van der Waals surface area contributed by atoms with Gasteiger partial charge in [-0.05, 0) is 56.5 Å². The van der Waals surface area contributed by atoms with E-state index in [1.807, 2.05) is 11.8 Å². The topological polar surface area (TPSA) is 67.2 Å². The second-order valence-corrected chi connectivity index (χ2v) is 10.9. The molecule has 0 radical (unpaired) electrons. The van der Waals surface area contributed by atoms with Gasteiger partial charge in [-0.1, -0.05) is 49.1 Å². The van der Waals surface area contributed by atoms with E-state index in [2.05, 4.69) is 36.1 Å². The molecule has 1 aliphatic heterocycles. The number of fused-ring (bicyclic) bond motifs is 1. The van der Waals surface area contributed by atoms with Gasteiger partial charge in [0.1, 0.15) is 17.5 Å². The predicted octanol–water partition coefficient (Wildman–Crippen LogP) is 5.39. The smallest absolute Gasteiger partial charge is 0.225 e. The third-order valence-electron chi connectivity index (χ3n) is 8.13. The largest absolute Gasteiger partial charge is 0.352 e. The van der Waals surface area contributed by atoms with Crippen LogP contribution in [0.1, 0.15) is 54.7 Å². The molecule has 1 aliphatic carbocycles. The highest BCUT2D eigenvalue weighted by Gasteiger charge is 2.30. The molecule has 1 amide bonds. The fourth-order valence-corrected chi connectivity index (χ4v) is 5.91. The van der Waals surface area contributed by atoms with Crippen LogP contribution in [0.4, 0.5) is 10.2 Å². The molecule has 1 saturated heterocycles. The predicted molar refractivity (Wildman–Crippen MR) is 151 cm³/mol. The van der Waals surface area contributed by atoms with Gasteiger partial charge in [-0.25, -0.2) is 19.0 Å². The monoisotopic (exact) mass is 526 g/mol. The maximum atomic E-state index is 13.7. The first kappa shape index (κ1) is 25.5. The number of nitrogens with zero attached hydrogens (tertiary/aromatic N) is 6. The molecule has 8 heteroatoms. The van der Waals surface area contributed by atoms with Gasteiger partial charge in [0, 0.05) is 38.5 Å². The average Bonchev–Trinajstić information content (AvgIpc) is 3.30. The number of anilines is 1. The van der Waals surface area contributed by atoms with Crippen LogP contribution in [0.5, 0.6) is 0 Å². The Balaban J connectivity index is 1.34. The number of carbonyl (C=O) groups is 1. The van der Waals surface area contributed by atoms with E-state index in [-0.39, 0.29) is 11.7 Å². The first-order chi connectivity index (χ1) is 19.0. The summed E-state index contributed by atoms with van der Waals surface area (Å²) in [6.45, 7) is 6.87. The molecule has 4 aromatic rings. The quantitative estimate of drug-likeness (QED) is 0.349. The highest BCUT2D eigenvalue weighted by atomic mass is 19.1. The van der Waals surface area contributed by atoms with Crippen LogP contribution in [0, 0.1) is 25.6 Å². The average molecular weight is 527 g/mol. The van der Waals surface area contributed by atoms with Gasteiger partial charge >= 0.3 is 0 Å². The molecule has 6 rings (SSSR count). The molecule has 202 valence electrons. The van der Waals surface area contributed by atoms with Crippen molar-refractivity contribution in [1.29, 1.82) is 0 Å². The summed E-state index contributed by atoms with van der Waals surface area (Å²) < 4.78 is 15.5. The number of piperazine rings is 1. The SMILES string of the molecule is Cc1ccc(Cc2nc(N3CCN(C(=O)C4CCCCC4)CC3)c3c(C)nn(-c4ccc(F)cc4)c3n2)cc1. The zero-order valence-electron chi connectivity index (χ0n) is 22.7. The Morgan fingerprint density at radius 1 is 0.897 bits per heavy atom. The van der Waals surface area contributed by atoms with E-state index in [9.17, 15) is 9.18 Å². The van der Waals surface area contributed by atoms with Gasteiger partial charge in [0.05, 0.1) is 16.8 Å². The molecule has 2 aromatic heterocycles. The van der Waals surface area contributed by atoms with Crippen molar-refractivity contribution in [1.82, 2.24) is 24.6 Å². The minimum Gasteiger partial charge on any atom is -0.352 e. The summed E-state index contributed by atoms with van der Waals surface area (Å²) in [5, 5.41) is 5.71. The van der Waals surface area contributed by atoms with Gasteiger partial charge in [0.15, 0.2) is 5.65 Å². The third-order valence-corrected chi connectivity index (χ3v) is 8.13. The van der Waals surface area contributed by atoms with Crippen molar-refractivity contribution in [3.8, 4) is 5.69 Å².